The maximum Gasteiger partial charge on any atom is 0.416 e. The summed E-state index contributed by atoms with van der Waals surface area (Å²) in [4.78, 5) is 31.5. The first-order valence-corrected chi connectivity index (χ1v) is 15.0. The third kappa shape index (κ3) is 9.91. The van der Waals surface area contributed by atoms with Gasteiger partial charge in [-0.05, 0) is 74.1 Å². The second kappa shape index (κ2) is 16.1. The van der Waals surface area contributed by atoms with Crippen LogP contribution in [0.15, 0.2) is 72.9 Å². The molecule has 254 valence electrons. The van der Waals surface area contributed by atoms with Crippen molar-refractivity contribution in [3.8, 4) is 28.5 Å². The van der Waals surface area contributed by atoms with Gasteiger partial charge in [0.15, 0.2) is 0 Å². The van der Waals surface area contributed by atoms with Crippen LogP contribution in [0.4, 0.5) is 23.2 Å². The Labute approximate surface area is 275 Å². The van der Waals surface area contributed by atoms with Crippen LogP contribution in [-0.2, 0) is 24.0 Å². The third-order valence-corrected chi connectivity index (χ3v) is 7.05. The van der Waals surface area contributed by atoms with Gasteiger partial charge in [-0.15, -0.1) is 0 Å². The maximum absolute atomic E-state index is 15.3. The fourth-order valence-corrected chi connectivity index (χ4v) is 4.59. The Morgan fingerprint density at radius 2 is 1.71 bits per heavy atom. The molecule has 0 radical (unpaired) electrons. The third-order valence-electron chi connectivity index (χ3n) is 7.05. The van der Waals surface area contributed by atoms with E-state index in [1.807, 2.05) is 24.3 Å². The first-order chi connectivity index (χ1) is 22.9. The molecular weight excluding hydrogens is 632 g/mol. The molecule has 13 heteroatoms. The normalized spacial score (nSPS) is 11.3. The van der Waals surface area contributed by atoms with Gasteiger partial charge in [0.05, 0.1) is 25.7 Å². The van der Waals surface area contributed by atoms with E-state index in [9.17, 15) is 22.8 Å². The van der Waals surface area contributed by atoms with Gasteiger partial charge in [0, 0.05) is 42.2 Å². The van der Waals surface area contributed by atoms with Gasteiger partial charge in [-0.25, -0.2) is 9.37 Å². The zero-order valence-electron chi connectivity index (χ0n) is 26.9. The van der Waals surface area contributed by atoms with Gasteiger partial charge >= 0.3 is 6.18 Å². The zero-order valence-corrected chi connectivity index (χ0v) is 26.9. The van der Waals surface area contributed by atoms with Crippen LogP contribution < -0.4 is 24.8 Å². The van der Waals surface area contributed by atoms with Gasteiger partial charge < -0.3 is 29.7 Å². The number of pyridine rings is 1. The second-order valence-corrected chi connectivity index (χ2v) is 11.0. The largest absolute Gasteiger partial charge is 0.497 e. The summed E-state index contributed by atoms with van der Waals surface area (Å²) in [5.74, 6) is -0.771. The van der Waals surface area contributed by atoms with E-state index in [4.69, 9.17) is 14.2 Å². The average Bonchev–Trinajstić information content (AvgIpc) is 3.04. The summed E-state index contributed by atoms with van der Waals surface area (Å²) in [5.41, 5.74) is 0.202. The predicted octanol–water partition coefficient (Wildman–Crippen LogP) is 6.37. The molecular formula is C35H36F4N4O5. The van der Waals surface area contributed by atoms with Crippen molar-refractivity contribution < 1.29 is 41.4 Å². The van der Waals surface area contributed by atoms with E-state index in [2.05, 4.69) is 15.6 Å². The Kier molecular flexibility index (Phi) is 12.0. The van der Waals surface area contributed by atoms with Crippen molar-refractivity contribution in [2.45, 2.75) is 26.1 Å². The number of rotatable bonds is 14. The maximum atomic E-state index is 15.3. The molecule has 2 N–H and O–H groups in total. The topological polar surface area (TPSA) is 102 Å². The number of nitrogens with zero attached hydrogens (tertiary/aromatic N) is 2. The van der Waals surface area contributed by atoms with Crippen LogP contribution >= 0.6 is 0 Å². The number of anilines is 1. The Bertz CT molecular complexity index is 1730. The van der Waals surface area contributed by atoms with Gasteiger partial charge in [0.25, 0.3) is 5.91 Å². The molecule has 0 aliphatic carbocycles. The minimum absolute atomic E-state index is 0.00948. The fraction of sp³-hybridized carbons (Fsp3) is 0.286. The predicted molar refractivity (Wildman–Crippen MR) is 173 cm³/mol. The fourth-order valence-electron chi connectivity index (χ4n) is 4.59. The number of carbonyl (C=O) groups is 2. The van der Waals surface area contributed by atoms with E-state index >= 15 is 4.39 Å². The van der Waals surface area contributed by atoms with Crippen molar-refractivity contribution in [3.05, 3.63) is 101 Å². The molecule has 1 heterocycles. The Balaban J connectivity index is 1.47. The highest BCUT2D eigenvalue weighted by Crippen LogP contribution is 2.34. The molecule has 0 aliphatic heterocycles. The van der Waals surface area contributed by atoms with Crippen molar-refractivity contribution in [3.63, 3.8) is 0 Å². The van der Waals surface area contributed by atoms with Crippen LogP contribution in [-0.4, -0.2) is 62.6 Å². The van der Waals surface area contributed by atoms with Crippen LogP contribution in [0.2, 0.25) is 0 Å². The van der Waals surface area contributed by atoms with Gasteiger partial charge in [-0.1, -0.05) is 24.3 Å². The van der Waals surface area contributed by atoms with Gasteiger partial charge in [-0.2, -0.15) is 13.2 Å². The quantitative estimate of drug-likeness (QED) is 0.151. The smallest absolute Gasteiger partial charge is 0.416 e. The number of aromatic nitrogens is 1. The van der Waals surface area contributed by atoms with Crippen LogP contribution in [0.1, 0.15) is 34.0 Å². The summed E-state index contributed by atoms with van der Waals surface area (Å²) in [6.45, 7) is 3.07. The molecule has 2 amide bonds. The highest BCUT2D eigenvalue weighted by molar-refractivity contribution is 5.98. The van der Waals surface area contributed by atoms with E-state index in [-0.39, 0.29) is 30.0 Å². The van der Waals surface area contributed by atoms with Crippen molar-refractivity contribution in [1.29, 1.82) is 0 Å². The number of carbonyl (C=O) groups excluding carboxylic acids is 2. The number of ether oxygens (including phenoxy) is 3. The molecule has 0 aliphatic rings. The zero-order chi connectivity index (χ0) is 34.8. The standard InChI is InChI=1S/C35H36F4N4O5/c1-5-47-31-19-33(48-21-22-6-10-28(46-4)11-7-22)41-20-29(31)23-8-9-24(30(36)16-23)17-32(44)42-27-15-25(14-26(18-27)35(37,38)39)34(45)40-12-13-43(2)3/h6-11,14-16,18-20H,5,12-13,17,21H2,1-4H3,(H,40,45)(H,42,44). The number of hydrogen-bond acceptors (Lipinski definition) is 7. The van der Waals surface area contributed by atoms with E-state index < -0.39 is 35.8 Å². The highest BCUT2D eigenvalue weighted by atomic mass is 19.4. The molecule has 0 saturated heterocycles. The van der Waals surface area contributed by atoms with Crippen LogP contribution in [0.25, 0.3) is 11.1 Å². The number of amides is 2. The van der Waals surface area contributed by atoms with Gasteiger partial charge in [-0.3, -0.25) is 9.59 Å². The van der Waals surface area contributed by atoms with E-state index in [1.54, 1.807) is 45.2 Å². The molecule has 1 aromatic heterocycles. The number of likely N-dealkylation sites (N-methyl/N-ethyl adjacent to an activating group) is 1. The second-order valence-electron chi connectivity index (χ2n) is 11.0. The lowest BCUT2D eigenvalue weighted by Gasteiger charge is -2.15. The Morgan fingerprint density at radius 3 is 2.35 bits per heavy atom. The summed E-state index contributed by atoms with van der Waals surface area (Å²) in [7, 11) is 5.16. The summed E-state index contributed by atoms with van der Waals surface area (Å²) in [5, 5.41) is 4.92. The van der Waals surface area contributed by atoms with Crippen molar-refractivity contribution in [2.75, 3.05) is 46.2 Å². The Hall–Kier alpha value is -5.17. The van der Waals surface area contributed by atoms with Crippen LogP contribution in [0, 0.1) is 5.82 Å². The number of nitrogens with one attached hydrogen (secondary N) is 2. The first kappa shape index (κ1) is 35.7. The summed E-state index contributed by atoms with van der Waals surface area (Å²) in [6.07, 6.45) is -3.74. The number of methoxy groups -OCH3 is 1. The number of benzene rings is 3. The summed E-state index contributed by atoms with van der Waals surface area (Å²) in [6, 6.07) is 15.8. The molecule has 0 fully saturated rings. The highest BCUT2D eigenvalue weighted by Gasteiger charge is 2.32. The molecule has 0 saturated carbocycles. The molecule has 9 nitrogen and oxygen atoms in total. The minimum atomic E-state index is -4.77. The lowest BCUT2D eigenvalue weighted by atomic mass is 10.0. The molecule has 0 bridgehead atoms. The Morgan fingerprint density at radius 1 is 0.958 bits per heavy atom. The molecule has 48 heavy (non-hydrogen) atoms. The molecule has 3 aromatic carbocycles. The lowest BCUT2D eigenvalue weighted by Crippen LogP contribution is -2.31. The SMILES string of the molecule is CCOc1cc(OCc2ccc(OC)cc2)ncc1-c1ccc(CC(=O)Nc2cc(C(=O)NCCN(C)C)cc(C(F)(F)F)c2)c(F)c1. The van der Waals surface area contributed by atoms with E-state index in [1.165, 1.54) is 18.3 Å². The molecule has 4 rings (SSSR count). The minimum Gasteiger partial charge on any atom is -0.497 e. The van der Waals surface area contributed by atoms with Crippen LogP contribution in [0.5, 0.6) is 17.4 Å². The molecule has 4 aromatic rings. The average molecular weight is 669 g/mol. The lowest BCUT2D eigenvalue weighted by molar-refractivity contribution is -0.137. The summed E-state index contributed by atoms with van der Waals surface area (Å²) >= 11 is 0. The van der Waals surface area contributed by atoms with E-state index in [0.717, 1.165) is 23.4 Å². The van der Waals surface area contributed by atoms with Gasteiger partial charge in [0.2, 0.25) is 11.8 Å². The first-order valence-electron chi connectivity index (χ1n) is 15.0. The van der Waals surface area contributed by atoms with Crippen molar-refractivity contribution >= 4 is 17.5 Å². The van der Waals surface area contributed by atoms with Crippen LogP contribution in [0.3, 0.4) is 0 Å². The molecule has 0 unspecified atom stereocenters. The summed E-state index contributed by atoms with van der Waals surface area (Å²) < 4.78 is 72.8. The molecule has 0 atom stereocenters. The monoisotopic (exact) mass is 668 g/mol. The molecule has 0 spiro atoms. The van der Waals surface area contributed by atoms with Crippen molar-refractivity contribution in [2.24, 2.45) is 0 Å². The number of halogens is 4. The number of hydrogen-bond donors (Lipinski definition) is 2. The number of alkyl halides is 3. The van der Waals surface area contributed by atoms with Crippen molar-refractivity contribution in [1.82, 2.24) is 15.2 Å². The van der Waals surface area contributed by atoms with Gasteiger partial charge in [0.1, 0.15) is 23.9 Å². The van der Waals surface area contributed by atoms with E-state index in [0.29, 0.717) is 42.0 Å².